The highest BCUT2D eigenvalue weighted by molar-refractivity contribution is 5.97. The highest BCUT2D eigenvalue weighted by Gasteiger charge is 2.39. The Labute approximate surface area is 215 Å². The number of nitrogens with one attached hydrogen (secondary N) is 1. The first-order valence-electron chi connectivity index (χ1n) is 12.7. The van der Waals surface area contributed by atoms with Gasteiger partial charge < -0.3 is 19.5 Å². The summed E-state index contributed by atoms with van der Waals surface area (Å²) in [6, 6.07) is 3.77. The second-order valence-electron chi connectivity index (χ2n) is 10.3. The molecule has 1 fully saturated rings. The first kappa shape index (κ1) is 27.0. The van der Waals surface area contributed by atoms with E-state index in [1.807, 2.05) is 18.5 Å². The number of benzene rings is 1. The molecule has 1 aromatic heterocycles. The Morgan fingerprint density at radius 2 is 2.05 bits per heavy atom. The Morgan fingerprint density at radius 1 is 1.32 bits per heavy atom. The molecule has 0 unspecified atom stereocenters. The van der Waals surface area contributed by atoms with Gasteiger partial charge in [-0.05, 0) is 49.3 Å². The lowest BCUT2D eigenvalue weighted by Crippen LogP contribution is -2.41. The van der Waals surface area contributed by atoms with Crippen molar-refractivity contribution in [3.05, 3.63) is 46.3 Å². The largest absolute Gasteiger partial charge is 0.496 e. The van der Waals surface area contributed by atoms with Crippen molar-refractivity contribution in [3.8, 4) is 5.75 Å². The Kier molecular flexibility index (Phi) is 7.87. The van der Waals surface area contributed by atoms with Crippen molar-refractivity contribution in [1.29, 1.82) is 0 Å². The van der Waals surface area contributed by atoms with Gasteiger partial charge in [0.05, 0.1) is 41.8 Å². The van der Waals surface area contributed by atoms with Gasteiger partial charge in [-0.25, -0.2) is 13.6 Å². The van der Waals surface area contributed by atoms with Crippen LogP contribution < -0.4 is 10.1 Å². The standard InChI is InChI=1S/C27H35F2N3O5/c1-5-20-23-21(13-27(16-30-24(23)33)8-10-36-11-9-27)32(31-20)14-17(2)15-37-25(34)18-6-7-19(26(3,28)29)22(12-18)35-4/h6-7,12,17H,5,8-11,13-16H2,1-4H3,(H,30,33)/t17-/m1/s1. The van der Waals surface area contributed by atoms with Gasteiger partial charge in [0.1, 0.15) is 5.75 Å². The van der Waals surface area contributed by atoms with Crippen LogP contribution in [0, 0.1) is 11.3 Å². The number of aryl methyl sites for hydroxylation is 1. The van der Waals surface area contributed by atoms with Crippen LogP contribution in [0.25, 0.3) is 0 Å². The van der Waals surface area contributed by atoms with E-state index >= 15 is 0 Å². The van der Waals surface area contributed by atoms with Crippen molar-refractivity contribution >= 4 is 11.9 Å². The second-order valence-corrected chi connectivity index (χ2v) is 10.3. The number of ether oxygens (including phenoxy) is 3. The molecule has 0 aliphatic carbocycles. The molecule has 37 heavy (non-hydrogen) atoms. The van der Waals surface area contributed by atoms with E-state index in [4.69, 9.17) is 19.3 Å². The zero-order chi connectivity index (χ0) is 26.8. The highest BCUT2D eigenvalue weighted by Crippen LogP contribution is 2.38. The lowest BCUT2D eigenvalue weighted by Gasteiger charge is -2.36. The molecule has 4 rings (SSSR count). The smallest absolute Gasteiger partial charge is 0.338 e. The molecule has 10 heteroatoms. The number of halogens is 2. The van der Waals surface area contributed by atoms with Gasteiger partial charge >= 0.3 is 5.97 Å². The Hall–Kier alpha value is -3.01. The van der Waals surface area contributed by atoms with E-state index < -0.39 is 11.9 Å². The topological polar surface area (TPSA) is 91.7 Å². The van der Waals surface area contributed by atoms with Gasteiger partial charge in [-0.3, -0.25) is 9.48 Å². The van der Waals surface area contributed by atoms with Gasteiger partial charge in [0.2, 0.25) is 0 Å². The summed E-state index contributed by atoms with van der Waals surface area (Å²) in [6.45, 7) is 7.24. The third-order valence-corrected chi connectivity index (χ3v) is 7.31. The number of esters is 1. The van der Waals surface area contributed by atoms with Crippen molar-refractivity contribution in [2.45, 2.75) is 58.9 Å². The number of methoxy groups -OCH3 is 1. The summed E-state index contributed by atoms with van der Waals surface area (Å²) in [5.74, 6) is -3.97. The number of fused-ring (bicyclic) bond motifs is 1. The molecule has 0 bridgehead atoms. The van der Waals surface area contributed by atoms with Crippen LogP contribution in [0.1, 0.15) is 71.3 Å². The average molecular weight is 520 g/mol. The second kappa shape index (κ2) is 10.8. The van der Waals surface area contributed by atoms with E-state index in [2.05, 4.69) is 5.32 Å². The van der Waals surface area contributed by atoms with Gasteiger partial charge in [-0.15, -0.1) is 0 Å². The number of amides is 1. The molecule has 1 spiro atoms. The molecule has 0 saturated carbocycles. The molecule has 1 atom stereocenters. The van der Waals surface area contributed by atoms with E-state index in [1.165, 1.54) is 25.3 Å². The first-order valence-corrected chi connectivity index (χ1v) is 12.7. The predicted molar refractivity (Wildman–Crippen MR) is 132 cm³/mol. The van der Waals surface area contributed by atoms with E-state index in [0.717, 1.165) is 37.6 Å². The van der Waals surface area contributed by atoms with Crippen molar-refractivity contribution < 1.29 is 32.6 Å². The van der Waals surface area contributed by atoms with E-state index in [-0.39, 0.29) is 40.7 Å². The summed E-state index contributed by atoms with van der Waals surface area (Å²) in [6.07, 6.45) is 3.12. The molecule has 1 N–H and O–H groups in total. The van der Waals surface area contributed by atoms with Crippen molar-refractivity contribution in [2.75, 3.05) is 33.5 Å². The zero-order valence-electron chi connectivity index (χ0n) is 21.9. The first-order chi connectivity index (χ1) is 17.6. The molecule has 1 saturated heterocycles. The maximum Gasteiger partial charge on any atom is 0.338 e. The van der Waals surface area contributed by atoms with Crippen molar-refractivity contribution in [1.82, 2.24) is 15.1 Å². The number of rotatable bonds is 8. The Bertz CT molecular complexity index is 1150. The fraction of sp³-hybridized carbons (Fsp3) is 0.593. The fourth-order valence-corrected chi connectivity index (χ4v) is 5.15. The van der Waals surface area contributed by atoms with Crippen molar-refractivity contribution in [2.24, 2.45) is 11.3 Å². The van der Waals surface area contributed by atoms with Crippen LogP contribution in [0.5, 0.6) is 5.75 Å². The van der Waals surface area contributed by atoms with Crippen LogP contribution in [0.2, 0.25) is 0 Å². The predicted octanol–water partition coefficient (Wildman–Crippen LogP) is 4.14. The Balaban J connectivity index is 1.47. The third-order valence-electron chi connectivity index (χ3n) is 7.31. The van der Waals surface area contributed by atoms with E-state index in [0.29, 0.717) is 38.3 Å². The lowest BCUT2D eigenvalue weighted by molar-refractivity contribution is 0.0146. The van der Waals surface area contributed by atoms with Crippen LogP contribution >= 0.6 is 0 Å². The quantitative estimate of drug-likeness (QED) is 0.527. The monoisotopic (exact) mass is 519 g/mol. The molecule has 202 valence electrons. The number of aromatic nitrogens is 2. The van der Waals surface area contributed by atoms with Crippen LogP contribution in [0.15, 0.2) is 18.2 Å². The maximum atomic E-state index is 13.8. The summed E-state index contributed by atoms with van der Waals surface area (Å²) in [5.41, 5.74) is 2.13. The fourth-order valence-electron chi connectivity index (χ4n) is 5.15. The summed E-state index contributed by atoms with van der Waals surface area (Å²) >= 11 is 0. The Morgan fingerprint density at radius 3 is 2.70 bits per heavy atom. The minimum absolute atomic E-state index is 0.0574. The van der Waals surface area contributed by atoms with Crippen LogP contribution in [-0.2, 0) is 34.8 Å². The maximum absolute atomic E-state index is 13.8. The van der Waals surface area contributed by atoms with Gasteiger partial charge in [0.15, 0.2) is 0 Å². The SMILES string of the molecule is CCc1nn(C[C@@H](C)COC(=O)c2ccc(C(C)(F)F)c(OC)c2)c2c1C(=O)NCC1(CCOCC1)C2. The normalized spacial score (nSPS) is 18.1. The summed E-state index contributed by atoms with van der Waals surface area (Å²) in [4.78, 5) is 25.7. The summed E-state index contributed by atoms with van der Waals surface area (Å²) in [5, 5.41) is 7.87. The average Bonchev–Trinajstić information content (AvgIpc) is 3.14. The van der Waals surface area contributed by atoms with Crippen LogP contribution in [0.4, 0.5) is 8.78 Å². The van der Waals surface area contributed by atoms with E-state index in [9.17, 15) is 18.4 Å². The molecule has 1 aromatic carbocycles. The molecule has 2 aliphatic rings. The number of alkyl halides is 2. The number of carbonyl (C=O) groups is 2. The van der Waals surface area contributed by atoms with Gasteiger partial charge in [-0.1, -0.05) is 13.8 Å². The molecule has 8 nitrogen and oxygen atoms in total. The van der Waals surface area contributed by atoms with E-state index in [1.54, 1.807) is 0 Å². The minimum atomic E-state index is -3.10. The summed E-state index contributed by atoms with van der Waals surface area (Å²) in [7, 11) is 1.28. The summed E-state index contributed by atoms with van der Waals surface area (Å²) < 4.78 is 45.6. The van der Waals surface area contributed by atoms with Crippen LogP contribution in [-0.4, -0.2) is 55.1 Å². The molecule has 0 radical (unpaired) electrons. The number of hydrogen-bond donors (Lipinski definition) is 1. The van der Waals surface area contributed by atoms with Crippen molar-refractivity contribution in [3.63, 3.8) is 0 Å². The highest BCUT2D eigenvalue weighted by atomic mass is 19.3. The molecule has 2 aromatic rings. The zero-order valence-corrected chi connectivity index (χ0v) is 21.9. The molecule has 1 amide bonds. The molecule has 2 aliphatic heterocycles. The molecular formula is C27H35F2N3O5. The van der Waals surface area contributed by atoms with Gasteiger partial charge in [-0.2, -0.15) is 5.10 Å². The molecular weight excluding hydrogens is 484 g/mol. The molecule has 3 heterocycles. The van der Waals surface area contributed by atoms with Gasteiger partial charge in [0, 0.05) is 39.1 Å². The lowest BCUT2D eigenvalue weighted by atomic mass is 9.76. The third kappa shape index (κ3) is 5.79. The minimum Gasteiger partial charge on any atom is -0.496 e. The van der Waals surface area contributed by atoms with Gasteiger partial charge in [0.25, 0.3) is 11.8 Å². The number of nitrogens with zero attached hydrogens (tertiary/aromatic N) is 2. The number of hydrogen-bond acceptors (Lipinski definition) is 6. The van der Waals surface area contributed by atoms with Crippen LogP contribution in [0.3, 0.4) is 0 Å². The number of carbonyl (C=O) groups excluding carboxylic acids is 2.